The van der Waals surface area contributed by atoms with Crippen molar-refractivity contribution in [2.24, 2.45) is 0 Å². The number of hydrogen-bond donors (Lipinski definition) is 0. The summed E-state index contributed by atoms with van der Waals surface area (Å²) >= 11 is 0. The van der Waals surface area contributed by atoms with E-state index in [-0.39, 0.29) is 0 Å². The first-order valence-corrected chi connectivity index (χ1v) is 2.31. The molecule has 1 aromatic heterocycles. The standard InChI is InChI=1S/C5H3F2N.CHN/c6-4-1-5(7)3-8-2-4;1-2/h1-3H;1H. The van der Waals surface area contributed by atoms with Crippen molar-refractivity contribution in [1.82, 2.24) is 4.98 Å². The van der Waals surface area contributed by atoms with Crippen molar-refractivity contribution in [1.29, 1.82) is 5.26 Å². The van der Waals surface area contributed by atoms with Gasteiger partial charge < -0.3 is 0 Å². The molecule has 0 saturated heterocycles. The molecule has 1 aromatic rings. The number of nitriles is 1. The summed E-state index contributed by atoms with van der Waals surface area (Å²) < 4.78 is 23.7. The van der Waals surface area contributed by atoms with E-state index in [0.717, 1.165) is 18.5 Å². The molecule has 2 nitrogen and oxygen atoms in total. The molecule has 0 aliphatic rings. The maximum atomic E-state index is 11.9. The Morgan fingerprint density at radius 3 is 1.80 bits per heavy atom. The second-order valence-electron chi connectivity index (χ2n) is 1.32. The van der Waals surface area contributed by atoms with Gasteiger partial charge >= 0.3 is 0 Å². The molecule has 0 saturated carbocycles. The van der Waals surface area contributed by atoms with Crippen molar-refractivity contribution in [2.75, 3.05) is 0 Å². The van der Waals surface area contributed by atoms with Gasteiger partial charge in [0, 0.05) is 12.6 Å². The average Bonchev–Trinajstić information content (AvgIpc) is 1.91. The largest absolute Gasteiger partial charge is 0.259 e. The Bertz CT molecular complexity index is 205. The number of hydrogen-bond acceptors (Lipinski definition) is 2. The zero-order valence-electron chi connectivity index (χ0n) is 4.96. The van der Waals surface area contributed by atoms with Gasteiger partial charge in [-0.3, -0.25) is 4.98 Å². The fourth-order valence-corrected chi connectivity index (χ4v) is 0.386. The molecule has 52 valence electrons. The molecule has 0 atom stereocenters. The number of aromatic nitrogens is 1. The Morgan fingerprint density at radius 2 is 1.60 bits per heavy atom. The highest BCUT2D eigenvalue weighted by Gasteiger charge is 1.89. The van der Waals surface area contributed by atoms with Crippen LogP contribution in [0.2, 0.25) is 0 Å². The topological polar surface area (TPSA) is 36.7 Å². The van der Waals surface area contributed by atoms with Crippen molar-refractivity contribution in [3.8, 4) is 6.57 Å². The van der Waals surface area contributed by atoms with E-state index in [1.807, 2.05) is 0 Å². The highest BCUT2D eigenvalue weighted by Crippen LogP contribution is 1.95. The number of halogens is 2. The van der Waals surface area contributed by atoms with Crippen molar-refractivity contribution < 1.29 is 8.78 Å². The Hall–Kier alpha value is -1.50. The summed E-state index contributed by atoms with van der Waals surface area (Å²) in [5, 5.41) is 6.50. The van der Waals surface area contributed by atoms with Gasteiger partial charge in [0.1, 0.15) is 11.6 Å². The molecular formula is C6H4F2N2. The molecule has 0 aliphatic carbocycles. The van der Waals surface area contributed by atoms with Crippen molar-refractivity contribution in [2.45, 2.75) is 0 Å². The zero-order valence-corrected chi connectivity index (χ0v) is 4.96. The normalized spacial score (nSPS) is 7.60. The highest BCUT2D eigenvalue weighted by atomic mass is 19.1. The van der Waals surface area contributed by atoms with Gasteiger partial charge in [0.05, 0.1) is 12.4 Å². The van der Waals surface area contributed by atoms with Crippen LogP contribution in [-0.2, 0) is 0 Å². The maximum Gasteiger partial charge on any atom is 0.144 e. The minimum atomic E-state index is -0.648. The van der Waals surface area contributed by atoms with E-state index in [0.29, 0.717) is 0 Å². The van der Waals surface area contributed by atoms with Crippen molar-refractivity contribution in [3.05, 3.63) is 30.1 Å². The molecule has 0 spiro atoms. The third-order valence-electron chi connectivity index (χ3n) is 0.672. The second kappa shape index (κ2) is 4.39. The summed E-state index contributed by atoms with van der Waals surface area (Å²) in [5.41, 5.74) is 0. The first kappa shape index (κ1) is 8.50. The molecule has 0 radical (unpaired) electrons. The lowest BCUT2D eigenvalue weighted by molar-refractivity contribution is 0.573. The summed E-state index contributed by atoms with van der Waals surface area (Å²) in [7, 11) is 0. The van der Waals surface area contributed by atoms with Gasteiger partial charge in [-0.2, -0.15) is 0 Å². The summed E-state index contributed by atoms with van der Waals surface area (Å²) in [6.45, 7) is 3.50. The Morgan fingerprint density at radius 1 is 1.20 bits per heavy atom. The van der Waals surface area contributed by atoms with E-state index in [9.17, 15) is 8.78 Å². The quantitative estimate of drug-likeness (QED) is 0.550. The van der Waals surface area contributed by atoms with Crippen LogP contribution in [0.5, 0.6) is 0 Å². The lowest BCUT2D eigenvalue weighted by atomic mass is 10.5. The smallest absolute Gasteiger partial charge is 0.144 e. The fourth-order valence-electron chi connectivity index (χ4n) is 0.386. The predicted molar refractivity (Wildman–Crippen MR) is 30.8 cm³/mol. The molecule has 0 N–H and O–H groups in total. The minimum absolute atomic E-state index is 0.648. The lowest BCUT2D eigenvalue weighted by Crippen LogP contribution is -1.78. The maximum absolute atomic E-state index is 11.9. The van der Waals surface area contributed by atoms with E-state index in [1.165, 1.54) is 0 Å². The Kier molecular flexibility index (Phi) is 3.73. The molecule has 4 heteroatoms. The van der Waals surface area contributed by atoms with Crippen LogP contribution in [0.1, 0.15) is 0 Å². The second-order valence-corrected chi connectivity index (χ2v) is 1.32. The molecule has 1 rings (SSSR count). The number of pyridine rings is 1. The summed E-state index contributed by atoms with van der Waals surface area (Å²) in [6, 6.07) is 0.771. The molecule has 1 heterocycles. The summed E-state index contributed by atoms with van der Waals surface area (Å²) in [5.74, 6) is -1.30. The average molecular weight is 142 g/mol. The molecule has 0 bridgehead atoms. The van der Waals surface area contributed by atoms with Crippen LogP contribution in [-0.4, -0.2) is 4.98 Å². The lowest BCUT2D eigenvalue weighted by Gasteiger charge is -1.83. The van der Waals surface area contributed by atoms with Crippen LogP contribution in [0.25, 0.3) is 0 Å². The first-order valence-electron chi connectivity index (χ1n) is 2.31. The van der Waals surface area contributed by atoms with Crippen LogP contribution in [0.3, 0.4) is 0 Å². The number of nitrogens with zero attached hydrogens (tertiary/aromatic N) is 2. The van der Waals surface area contributed by atoms with Gasteiger partial charge in [0.15, 0.2) is 0 Å². The van der Waals surface area contributed by atoms with Crippen LogP contribution in [0, 0.1) is 23.5 Å². The van der Waals surface area contributed by atoms with E-state index in [1.54, 1.807) is 0 Å². The van der Waals surface area contributed by atoms with Gasteiger partial charge in [-0.05, 0) is 0 Å². The molecule has 10 heavy (non-hydrogen) atoms. The van der Waals surface area contributed by atoms with E-state index >= 15 is 0 Å². The molecular weight excluding hydrogens is 138 g/mol. The van der Waals surface area contributed by atoms with Crippen LogP contribution >= 0.6 is 0 Å². The summed E-state index contributed by atoms with van der Waals surface area (Å²) in [6.07, 6.45) is 1.90. The summed E-state index contributed by atoms with van der Waals surface area (Å²) in [4.78, 5) is 3.23. The molecule has 0 fully saturated rings. The van der Waals surface area contributed by atoms with Crippen LogP contribution in [0.4, 0.5) is 8.78 Å². The fraction of sp³-hybridized carbons (Fsp3) is 0. The van der Waals surface area contributed by atoms with Gasteiger partial charge in [-0.1, -0.05) is 0 Å². The van der Waals surface area contributed by atoms with Gasteiger partial charge in [0.2, 0.25) is 0 Å². The van der Waals surface area contributed by atoms with Gasteiger partial charge in [-0.15, -0.1) is 0 Å². The van der Waals surface area contributed by atoms with E-state index in [2.05, 4.69) is 11.6 Å². The van der Waals surface area contributed by atoms with E-state index in [4.69, 9.17) is 5.26 Å². The SMILES string of the molecule is C#N.Fc1cncc(F)c1. The third kappa shape index (κ3) is 2.72. The third-order valence-corrected chi connectivity index (χ3v) is 0.672. The molecule has 0 unspecified atom stereocenters. The minimum Gasteiger partial charge on any atom is -0.259 e. The zero-order chi connectivity index (χ0) is 7.98. The first-order chi connectivity index (χ1) is 4.79. The predicted octanol–water partition coefficient (Wildman–Crippen LogP) is 1.50. The van der Waals surface area contributed by atoms with Crippen molar-refractivity contribution >= 4 is 0 Å². The van der Waals surface area contributed by atoms with E-state index < -0.39 is 11.6 Å². The Balaban J connectivity index is 0.000000371. The van der Waals surface area contributed by atoms with Crippen LogP contribution in [0.15, 0.2) is 18.5 Å². The monoisotopic (exact) mass is 142 g/mol. The van der Waals surface area contributed by atoms with Crippen molar-refractivity contribution in [3.63, 3.8) is 0 Å². The molecule has 0 aromatic carbocycles. The molecule has 0 aliphatic heterocycles. The van der Waals surface area contributed by atoms with Gasteiger partial charge in [0.25, 0.3) is 0 Å². The highest BCUT2D eigenvalue weighted by molar-refractivity contribution is 4.95. The van der Waals surface area contributed by atoms with Crippen LogP contribution < -0.4 is 0 Å². The Labute approximate surface area is 56.7 Å². The number of rotatable bonds is 0. The van der Waals surface area contributed by atoms with Gasteiger partial charge in [-0.25, -0.2) is 14.0 Å². The molecule has 0 amide bonds.